The van der Waals surface area contributed by atoms with Gasteiger partial charge in [-0.15, -0.1) is 0 Å². The van der Waals surface area contributed by atoms with Crippen LogP contribution in [0.1, 0.15) is 47.1 Å². The van der Waals surface area contributed by atoms with Gasteiger partial charge in [-0.25, -0.2) is 4.39 Å². The van der Waals surface area contributed by atoms with E-state index < -0.39 is 0 Å². The second-order valence-corrected chi connectivity index (χ2v) is 8.90. The maximum Gasteiger partial charge on any atom is 0.309 e. The maximum atomic E-state index is 13.1. The minimum Gasteiger partial charge on any atom is -0.466 e. The molecule has 1 aliphatic rings. The molecule has 0 bridgehead atoms. The molecule has 0 unspecified atom stereocenters. The lowest BCUT2D eigenvalue weighted by atomic mass is 9.96. The molecule has 0 radical (unpaired) electrons. The van der Waals surface area contributed by atoms with Crippen molar-refractivity contribution in [3.8, 4) is 10.9 Å². The van der Waals surface area contributed by atoms with Gasteiger partial charge in [0.1, 0.15) is 11.6 Å². The summed E-state index contributed by atoms with van der Waals surface area (Å²) >= 11 is 1.13. The molecular weight excluding hydrogens is 457 g/mol. The lowest BCUT2D eigenvalue weighted by Gasteiger charge is -2.31. The van der Waals surface area contributed by atoms with Gasteiger partial charge in [-0.3, -0.25) is 9.59 Å². The van der Waals surface area contributed by atoms with Crippen LogP contribution in [0.15, 0.2) is 42.5 Å². The zero-order valence-electron chi connectivity index (χ0n) is 19.1. The number of hydrogen-bond donors (Lipinski definition) is 0. The number of nitrogens with zero attached hydrogens (tertiary/aromatic N) is 3. The van der Waals surface area contributed by atoms with Crippen LogP contribution in [0.4, 0.5) is 4.39 Å². The summed E-state index contributed by atoms with van der Waals surface area (Å²) in [5, 5.41) is 0.375. The van der Waals surface area contributed by atoms with E-state index in [1.165, 1.54) is 12.1 Å². The number of benzene rings is 2. The number of halogens is 1. The summed E-state index contributed by atoms with van der Waals surface area (Å²) in [5.74, 6) is 0.408. The molecule has 1 saturated heterocycles. The van der Waals surface area contributed by atoms with Crippen molar-refractivity contribution >= 4 is 23.4 Å². The lowest BCUT2D eigenvalue weighted by Crippen LogP contribution is -2.40. The zero-order chi connectivity index (χ0) is 24.1. The number of piperidine rings is 1. The van der Waals surface area contributed by atoms with Gasteiger partial charge < -0.3 is 14.4 Å². The number of esters is 1. The topological polar surface area (TPSA) is 81.6 Å². The largest absolute Gasteiger partial charge is 0.466 e. The Balaban J connectivity index is 1.40. The van der Waals surface area contributed by atoms with Crippen LogP contribution in [0.25, 0.3) is 0 Å². The second-order valence-electron chi connectivity index (χ2n) is 8.18. The van der Waals surface area contributed by atoms with E-state index in [0.717, 1.165) is 22.7 Å². The highest BCUT2D eigenvalue weighted by Crippen LogP contribution is 2.29. The lowest BCUT2D eigenvalue weighted by molar-refractivity contribution is -0.149. The normalized spacial score (nSPS) is 14.1. The number of hydrogen-bond acceptors (Lipinski definition) is 7. The first-order valence-electron chi connectivity index (χ1n) is 11.2. The average molecular weight is 484 g/mol. The Morgan fingerprint density at radius 2 is 1.88 bits per heavy atom. The second kappa shape index (κ2) is 10.7. The Hall–Kier alpha value is -3.33. The third-order valence-electron chi connectivity index (χ3n) is 5.76. The Kier molecular flexibility index (Phi) is 7.52. The van der Waals surface area contributed by atoms with Gasteiger partial charge >= 0.3 is 5.97 Å². The van der Waals surface area contributed by atoms with Crippen molar-refractivity contribution in [3.63, 3.8) is 0 Å². The van der Waals surface area contributed by atoms with E-state index in [2.05, 4.69) is 9.36 Å². The van der Waals surface area contributed by atoms with Crippen molar-refractivity contribution in [1.29, 1.82) is 0 Å². The van der Waals surface area contributed by atoms with Crippen molar-refractivity contribution in [1.82, 2.24) is 14.3 Å². The molecule has 0 atom stereocenters. The molecule has 1 fully saturated rings. The highest BCUT2D eigenvalue weighted by molar-refractivity contribution is 7.07. The molecule has 0 saturated carbocycles. The molecule has 4 rings (SSSR count). The van der Waals surface area contributed by atoms with Gasteiger partial charge in [-0.05, 0) is 62.1 Å². The molecule has 0 N–H and O–H groups in total. The van der Waals surface area contributed by atoms with E-state index in [1.54, 1.807) is 36.1 Å². The summed E-state index contributed by atoms with van der Waals surface area (Å²) in [6, 6.07) is 11.6. The highest BCUT2D eigenvalue weighted by atomic mass is 32.1. The van der Waals surface area contributed by atoms with Crippen molar-refractivity contribution < 1.29 is 23.5 Å². The summed E-state index contributed by atoms with van der Waals surface area (Å²) in [6.45, 7) is 5.08. The fraction of sp³-hybridized carbons (Fsp3) is 0.360. The first kappa shape index (κ1) is 23.8. The van der Waals surface area contributed by atoms with Gasteiger partial charge in [0.25, 0.3) is 11.1 Å². The van der Waals surface area contributed by atoms with E-state index in [1.807, 2.05) is 13.0 Å². The predicted octanol–water partition coefficient (Wildman–Crippen LogP) is 4.78. The summed E-state index contributed by atoms with van der Waals surface area (Å²) in [6.07, 6.45) is 1.67. The van der Waals surface area contributed by atoms with Gasteiger partial charge in [0.05, 0.1) is 12.5 Å². The first-order chi connectivity index (χ1) is 16.4. The molecule has 178 valence electrons. The summed E-state index contributed by atoms with van der Waals surface area (Å²) in [7, 11) is 0. The Morgan fingerprint density at radius 1 is 1.15 bits per heavy atom. The number of carbonyl (C=O) groups excluding carboxylic acids is 2. The van der Waals surface area contributed by atoms with Gasteiger partial charge in [-0.1, -0.05) is 18.2 Å². The molecule has 7 nitrogen and oxygen atoms in total. The summed E-state index contributed by atoms with van der Waals surface area (Å²) < 4.78 is 28.5. The molecule has 1 aliphatic heterocycles. The Labute approximate surface area is 201 Å². The van der Waals surface area contributed by atoms with Gasteiger partial charge in [-0.2, -0.15) is 9.36 Å². The number of ether oxygens (including phenoxy) is 2. The molecule has 0 spiro atoms. The predicted molar refractivity (Wildman–Crippen MR) is 126 cm³/mol. The molecule has 34 heavy (non-hydrogen) atoms. The standard InChI is InChI=1S/C25H26FN3O4S/c1-3-32-24(31)18-10-12-29(13-11-18)23(30)19-7-4-16(2)21(15-19)33-25-27-22(28-34-25)14-17-5-8-20(26)9-6-17/h4-9,15,18H,3,10-14H2,1-2H3. The molecule has 9 heteroatoms. The number of aryl methyl sites for hydroxylation is 1. The van der Waals surface area contributed by atoms with Crippen LogP contribution in [0.5, 0.6) is 10.9 Å². The summed E-state index contributed by atoms with van der Waals surface area (Å²) in [4.78, 5) is 31.2. The fourth-order valence-electron chi connectivity index (χ4n) is 3.83. The fourth-order valence-corrected chi connectivity index (χ4v) is 4.40. The minimum atomic E-state index is -0.285. The van der Waals surface area contributed by atoms with Crippen LogP contribution in [-0.2, 0) is 16.0 Å². The van der Waals surface area contributed by atoms with Crippen LogP contribution >= 0.6 is 11.5 Å². The van der Waals surface area contributed by atoms with Gasteiger partial charge in [0, 0.05) is 36.6 Å². The number of aromatic nitrogens is 2. The van der Waals surface area contributed by atoms with Gasteiger partial charge in [0.15, 0.2) is 5.82 Å². The average Bonchev–Trinajstić information content (AvgIpc) is 3.28. The van der Waals surface area contributed by atoms with E-state index in [9.17, 15) is 14.0 Å². The molecule has 2 aromatic carbocycles. The van der Waals surface area contributed by atoms with Crippen molar-refractivity contribution in [3.05, 3.63) is 70.8 Å². The zero-order valence-corrected chi connectivity index (χ0v) is 19.9. The number of carbonyl (C=O) groups is 2. The van der Waals surface area contributed by atoms with Crippen molar-refractivity contribution in [2.45, 2.75) is 33.1 Å². The number of amides is 1. The number of likely N-dealkylation sites (tertiary alicyclic amines) is 1. The van der Waals surface area contributed by atoms with Crippen LogP contribution in [0.3, 0.4) is 0 Å². The maximum absolute atomic E-state index is 13.1. The van der Waals surface area contributed by atoms with Crippen molar-refractivity contribution in [2.75, 3.05) is 19.7 Å². The molecule has 2 heterocycles. The van der Waals surface area contributed by atoms with E-state index in [0.29, 0.717) is 61.3 Å². The number of rotatable bonds is 7. The molecule has 0 aliphatic carbocycles. The Morgan fingerprint density at radius 3 is 2.59 bits per heavy atom. The third kappa shape index (κ3) is 5.77. The first-order valence-corrected chi connectivity index (χ1v) is 12.0. The van der Waals surface area contributed by atoms with E-state index in [-0.39, 0.29) is 23.6 Å². The van der Waals surface area contributed by atoms with Crippen molar-refractivity contribution in [2.24, 2.45) is 5.92 Å². The van der Waals surface area contributed by atoms with Gasteiger partial charge in [0.2, 0.25) is 0 Å². The molecule has 3 aromatic rings. The van der Waals surface area contributed by atoms with Crippen LogP contribution < -0.4 is 4.74 Å². The van der Waals surface area contributed by atoms with Crippen LogP contribution in [0.2, 0.25) is 0 Å². The minimum absolute atomic E-state index is 0.0959. The highest BCUT2D eigenvalue weighted by Gasteiger charge is 2.29. The van der Waals surface area contributed by atoms with E-state index >= 15 is 0 Å². The van der Waals surface area contributed by atoms with Crippen LogP contribution in [0, 0.1) is 18.7 Å². The molecule has 1 amide bonds. The molecule has 1 aromatic heterocycles. The third-order valence-corrected chi connectivity index (χ3v) is 6.39. The molecular formula is C25H26FN3O4S. The Bertz CT molecular complexity index is 1160. The van der Waals surface area contributed by atoms with E-state index in [4.69, 9.17) is 9.47 Å². The smallest absolute Gasteiger partial charge is 0.309 e. The van der Waals surface area contributed by atoms with Crippen LogP contribution in [-0.4, -0.2) is 45.8 Å². The SMILES string of the molecule is CCOC(=O)C1CCN(C(=O)c2ccc(C)c(Oc3nc(Cc4ccc(F)cc4)ns3)c2)CC1. The monoisotopic (exact) mass is 483 g/mol. The summed E-state index contributed by atoms with van der Waals surface area (Å²) in [5.41, 5.74) is 2.29. The quantitative estimate of drug-likeness (QED) is 0.450.